The van der Waals surface area contributed by atoms with E-state index in [0.29, 0.717) is 43.6 Å². The zero-order valence-electron chi connectivity index (χ0n) is 23.5. The van der Waals surface area contributed by atoms with Gasteiger partial charge in [-0.15, -0.1) is 0 Å². The Balaban J connectivity index is 1.28. The Morgan fingerprint density at radius 1 is 1.00 bits per heavy atom. The normalized spacial score (nSPS) is 13.9. The molecule has 9 nitrogen and oxygen atoms in total. The van der Waals surface area contributed by atoms with Gasteiger partial charge in [0.2, 0.25) is 5.88 Å². The average molecular weight is 641 g/mol. The standard InChI is InChI=1S/C34H22Cl2N2O7/c1-41-30-13-19(7-11-28(30)42-17-20-6-8-21(35)14-26(20)36)31-23-10-9-22(15-29(23)44-32(38)25(31)16-37)43-33(39)24-12-18-4-2-3-5-27(18)45-34(24)40/h2-15,31H,17,38H2,1H3. The van der Waals surface area contributed by atoms with Gasteiger partial charge in [-0.05, 0) is 48.0 Å². The molecule has 11 heteroatoms. The Morgan fingerprint density at radius 3 is 2.60 bits per heavy atom. The first kappa shape index (κ1) is 29.6. The van der Waals surface area contributed by atoms with E-state index in [4.69, 9.17) is 52.3 Å². The second-order valence-corrected chi connectivity index (χ2v) is 10.8. The molecule has 2 N–H and O–H groups in total. The second kappa shape index (κ2) is 12.3. The molecular weight excluding hydrogens is 619 g/mol. The van der Waals surface area contributed by atoms with Gasteiger partial charge in [-0.2, -0.15) is 5.26 Å². The van der Waals surface area contributed by atoms with Crippen LogP contribution in [0.2, 0.25) is 10.0 Å². The summed E-state index contributed by atoms with van der Waals surface area (Å²) in [6.45, 7) is 0.171. The number of esters is 1. The van der Waals surface area contributed by atoms with Gasteiger partial charge in [-0.3, -0.25) is 0 Å². The smallest absolute Gasteiger partial charge is 0.351 e. The van der Waals surface area contributed by atoms with Crippen molar-refractivity contribution in [3.8, 4) is 29.1 Å². The Labute approximate surface area is 266 Å². The highest BCUT2D eigenvalue weighted by molar-refractivity contribution is 6.35. The van der Waals surface area contributed by atoms with Crippen LogP contribution in [0.5, 0.6) is 23.0 Å². The molecule has 5 aromatic rings. The number of ether oxygens (including phenoxy) is 4. The number of methoxy groups -OCH3 is 1. The number of halogens is 2. The topological polar surface area (TPSA) is 134 Å². The van der Waals surface area contributed by atoms with Crippen LogP contribution in [-0.2, 0) is 6.61 Å². The first-order chi connectivity index (χ1) is 21.7. The van der Waals surface area contributed by atoms with Crippen molar-refractivity contribution in [2.45, 2.75) is 12.5 Å². The number of hydrogen-bond donors (Lipinski definition) is 1. The van der Waals surface area contributed by atoms with Gasteiger partial charge in [-0.1, -0.05) is 59.6 Å². The summed E-state index contributed by atoms with van der Waals surface area (Å²) in [6, 6.07) is 25.5. The van der Waals surface area contributed by atoms with Crippen LogP contribution in [0.4, 0.5) is 0 Å². The van der Waals surface area contributed by atoms with Crippen LogP contribution in [-0.4, -0.2) is 13.1 Å². The van der Waals surface area contributed by atoms with Crippen molar-refractivity contribution in [3.05, 3.63) is 139 Å². The molecule has 0 saturated heterocycles. The summed E-state index contributed by atoms with van der Waals surface area (Å²) in [5.41, 5.74) is 7.64. The maximum absolute atomic E-state index is 12.9. The lowest BCUT2D eigenvalue weighted by molar-refractivity contribution is 0.0730. The predicted octanol–water partition coefficient (Wildman–Crippen LogP) is 7.12. The van der Waals surface area contributed by atoms with Crippen LogP contribution in [0.3, 0.4) is 0 Å². The van der Waals surface area contributed by atoms with Crippen LogP contribution < -0.4 is 30.3 Å². The molecule has 0 aliphatic carbocycles. The van der Waals surface area contributed by atoms with E-state index < -0.39 is 17.5 Å². The molecule has 1 aliphatic heterocycles. The number of carbonyl (C=O) groups is 1. The minimum absolute atomic E-state index is 0.0976. The van der Waals surface area contributed by atoms with Crippen LogP contribution in [0.25, 0.3) is 11.0 Å². The number of para-hydroxylation sites is 1. The van der Waals surface area contributed by atoms with Crippen LogP contribution in [0.1, 0.15) is 33.0 Å². The van der Waals surface area contributed by atoms with Gasteiger partial charge >= 0.3 is 11.6 Å². The van der Waals surface area contributed by atoms with Crippen LogP contribution >= 0.6 is 23.2 Å². The maximum Gasteiger partial charge on any atom is 0.351 e. The zero-order valence-corrected chi connectivity index (χ0v) is 25.0. The number of rotatable bonds is 7. The number of nitriles is 1. The summed E-state index contributed by atoms with van der Waals surface area (Å²) >= 11 is 12.3. The maximum atomic E-state index is 12.9. The van der Waals surface area contributed by atoms with Crippen molar-refractivity contribution < 1.29 is 28.2 Å². The molecule has 0 radical (unpaired) electrons. The van der Waals surface area contributed by atoms with Gasteiger partial charge in [0.15, 0.2) is 11.5 Å². The monoisotopic (exact) mass is 640 g/mol. The van der Waals surface area contributed by atoms with Gasteiger partial charge < -0.3 is 29.1 Å². The third-order valence-electron chi connectivity index (χ3n) is 7.18. The lowest BCUT2D eigenvalue weighted by Gasteiger charge is -2.27. The van der Waals surface area contributed by atoms with E-state index in [9.17, 15) is 14.9 Å². The summed E-state index contributed by atoms with van der Waals surface area (Å²) in [5.74, 6) is -0.403. The lowest BCUT2D eigenvalue weighted by atomic mass is 9.83. The van der Waals surface area contributed by atoms with Crippen LogP contribution in [0, 0.1) is 11.3 Å². The number of hydrogen-bond acceptors (Lipinski definition) is 9. The number of carbonyl (C=O) groups excluding carboxylic acids is 1. The van der Waals surface area contributed by atoms with Gasteiger partial charge in [0.05, 0.1) is 13.0 Å². The van der Waals surface area contributed by atoms with Crippen molar-refractivity contribution in [2.75, 3.05) is 7.11 Å². The van der Waals surface area contributed by atoms with E-state index >= 15 is 0 Å². The van der Waals surface area contributed by atoms with E-state index in [0.717, 1.165) is 5.56 Å². The number of nitrogens with zero attached hydrogens (tertiary/aromatic N) is 1. The molecule has 0 fully saturated rings. The lowest BCUT2D eigenvalue weighted by Crippen LogP contribution is -2.22. The Kier molecular flexibility index (Phi) is 8.09. The summed E-state index contributed by atoms with van der Waals surface area (Å²) in [6.07, 6.45) is 0. The molecule has 1 aromatic heterocycles. The molecule has 4 aromatic carbocycles. The fourth-order valence-electron chi connectivity index (χ4n) is 4.99. The minimum atomic E-state index is -0.900. The molecule has 224 valence electrons. The summed E-state index contributed by atoms with van der Waals surface area (Å²) in [7, 11) is 1.51. The van der Waals surface area contributed by atoms with Crippen molar-refractivity contribution in [1.29, 1.82) is 5.26 Å². The molecule has 2 heterocycles. The highest BCUT2D eigenvalue weighted by atomic mass is 35.5. The SMILES string of the molecule is COc1cc(C2C(C#N)=C(N)Oc3cc(OC(=O)c4cc5ccccc5oc4=O)ccc32)ccc1OCc1ccc(Cl)cc1Cl. The zero-order chi connectivity index (χ0) is 31.7. The molecular formula is C34H22Cl2N2O7. The Morgan fingerprint density at radius 2 is 1.82 bits per heavy atom. The first-order valence-electron chi connectivity index (χ1n) is 13.5. The Bertz CT molecular complexity index is 2120. The molecule has 0 amide bonds. The molecule has 0 spiro atoms. The van der Waals surface area contributed by atoms with E-state index in [2.05, 4.69) is 6.07 Å². The van der Waals surface area contributed by atoms with E-state index in [1.165, 1.54) is 25.3 Å². The fourth-order valence-corrected chi connectivity index (χ4v) is 5.45. The van der Waals surface area contributed by atoms with Gasteiger partial charge in [0.1, 0.15) is 40.9 Å². The van der Waals surface area contributed by atoms with E-state index in [-0.39, 0.29) is 35.1 Å². The van der Waals surface area contributed by atoms with Crippen molar-refractivity contribution >= 4 is 40.1 Å². The number of allylic oxidation sites excluding steroid dienone is 1. The average Bonchev–Trinajstić information content (AvgIpc) is 3.03. The molecule has 0 saturated carbocycles. The number of benzene rings is 4. The first-order valence-corrected chi connectivity index (χ1v) is 14.2. The molecule has 1 unspecified atom stereocenters. The number of fused-ring (bicyclic) bond motifs is 2. The van der Waals surface area contributed by atoms with Gasteiger partial charge in [0.25, 0.3) is 0 Å². The summed E-state index contributed by atoms with van der Waals surface area (Å²) in [5, 5.41) is 11.6. The van der Waals surface area contributed by atoms with E-state index in [1.807, 2.05) is 0 Å². The third-order valence-corrected chi connectivity index (χ3v) is 7.77. The van der Waals surface area contributed by atoms with Gasteiger partial charge in [-0.25, -0.2) is 9.59 Å². The number of nitrogens with two attached hydrogens (primary N) is 1. The molecule has 1 aliphatic rings. The van der Waals surface area contributed by atoms with E-state index in [1.54, 1.807) is 66.7 Å². The second-order valence-electron chi connectivity index (χ2n) is 9.93. The predicted molar refractivity (Wildman–Crippen MR) is 167 cm³/mol. The van der Waals surface area contributed by atoms with Gasteiger partial charge in [0, 0.05) is 32.6 Å². The Hall–Kier alpha value is -5.43. The van der Waals surface area contributed by atoms with Crippen molar-refractivity contribution in [3.63, 3.8) is 0 Å². The largest absolute Gasteiger partial charge is 0.493 e. The third kappa shape index (κ3) is 5.89. The van der Waals surface area contributed by atoms with Crippen LogP contribution in [0.15, 0.2) is 106 Å². The summed E-state index contributed by atoms with van der Waals surface area (Å²) in [4.78, 5) is 25.4. The highest BCUT2D eigenvalue weighted by Crippen LogP contribution is 2.45. The molecule has 45 heavy (non-hydrogen) atoms. The fraction of sp³-hybridized carbons (Fsp3) is 0.0882. The molecule has 6 rings (SSSR count). The summed E-state index contributed by atoms with van der Waals surface area (Å²) < 4.78 is 28.1. The molecule has 1 atom stereocenters. The van der Waals surface area contributed by atoms with Crippen molar-refractivity contribution in [1.82, 2.24) is 0 Å². The highest BCUT2D eigenvalue weighted by Gasteiger charge is 2.32. The minimum Gasteiger partial charge on any atom is -0.493 e. The molecule has 0 bridgehead atoms. The van der Waals surface area contributed by atoms with Crippen molar-refractivity contribution in [2.24, 2.45) is 5.73 Å². The quantitative estimate of drug-likeness (QED) is 0.112.